The Bertz CT molecular complexity index is 879. The van der Waals surface area contributed by atoms with Crippen LogP contribution in [0.5, 0.6) is 0 Å². The first-order valence-corrected chi connectivity index (χ1v) is 23.4. The summed E-state index contributed by atoms with van der Waals surface area (Å²) in [5, 5.41) is 0. The van der Waals surface area contributed by atoms with E-state index in [4.69, 9.17) is 14.2 Å². The highest BCUT2D eigenvalue weighted by atomic mass is 16.6. The zero-order chi connectivity index (χ0) is 39.3. The van der Waals surface area contributed by atoms with Gasteiger partial charge in [0.25, 0.3) is 0 Å². The van der Waals surface area contributed by atoms with Gasteiger partial charge in [0.05, 0.1) is 6.04 Å². The molecule has 1 fully saturated rings. The predicted molar refractivity (Wildman–Crippen MR) is 225 cm³/mol. The summed E-state index contributed by atoms with van der Waals surface area (Å²) >= 11 is 0. The molecule has 8 nitrogen and oxygen atoms in total. The van der Waals surface area contributed by atoms with E-state index in [1.165, 1.54) is 154 Å². The Labute approximate surface area is 334 Å². The molecule has 0 saturated carbocycles. The van der Waals surface area contributed by atoms with Gasteiger partial charge in [0.2, 0.25) is 0 Å². The number of amides is 1. The molecule has 0 aromatic rings. The Morgan fingerprint density at radius 1 is 0.500 bits per heavy atom. The molecule has 318 valence electrons. The van der Waals surface area contributed by atoms with Crippen molar-refractivity contribution in [2.75, 3.05) is 39.9 Å². The zero-order valence-corrected chi connectivity index (χ0v) is 36.2. The summed E-state index contributed by atoms with van der Waals surface area (Å²) < 4.78 is 16.8. The average molecular weight is 765 g/mol. The van der Waals surface area contributed by atoms with Crippen LogP contribution in [-0.4, -0.2) is 79.9 Å². The van der Waals surface area contributed by atoms with Crippen LogP contribution in [0, 0.1) is 0 Å². The van der Waals surface area contributed by atoms with Crippen LogP contribution < -0.4 is 0 Å². The Kier molecular flexibility index (Phi) is 34.2. The molecule has 54 heavy (non-hydrogen) atoms. The topological polar surface area (TPSA) is 85.4 Å². The molecule has 0 radical (unpaired) electrons. The van der Waals surface area contributed by atoms with Gasteiger partial charge in [-0.2, -0.15) is 0 Å². The molecule has 1 unspecified atom stereocenters. The number of nitrogens with zero attached hydrogens (tertiary/aromatic N) is 2. The standard InChI is InChI=1S/C46H88N2O6/c1-5-8-10-12-14-16-18-20-22-24-26-28-30-32-34-36-44(49)52-40-43(41-53-46(51)47(4)42-38-48(7-3)39-42)54-45(50)37-35-33-31-29-27-25-23-21-19-17-15-13-11-9-6-2/h42-43H,5-41H2,1-4H3. The van der Waals surface area contributed by atoms with Crippen molar-refractivity contribution >= 4 is 18.0 Å². The van der Waals surface area contributed by atoms with Crippen molar-refractivity contribution in [1.82, 2.24) is 9.80 Å². The number of hydrogen-bond donors (Lipinski definition) is 0. The second kappa shape index (κ2) is 36.8. The van der Waals surface area contributed by atoms with Gasteiger partial charge in [-0.3, -0.25) is 14.5 Å². The molecule has 1 amide bonds. The Morgan fingerprint density at radius 3 is 1.20 bits per heavy atom. The van der Waals surface area contributed by atoms with E-state index in [0.717, 1.165) is 58.2 Å². The van der Waals surface area contributed by atoms with Crippen LogP contribution in [0.4, 0.5) is 4.79 Å². The van der Waals surface area contributed by atoms with Crippen molar-refractivity contribution in [3.8, 4) is 0 Å². The molecule has 1 rings (SSSR count). The lowest BCUT2D eigenvalue weighted by Crippen LogP contribution is -2.59. The van der Waals surface area contributed by atoms with Gasteiger partial charge >= 0.3 is 18.0 Å². The third kappa shape index (κ3) is 29.5. The summed E-state index contributed by atoms with van der Waals surface area (Å²) in [5.74, 6) is -0.610. The number of hydrogen-bond acceptors (Lipinski definition) is 7. The minimum absolute atomic E-state index is 0.0911. The molecule has 0 bridgehead atoms. The van der Waals surface area contributed by atoms with Crippen LogP contribution in [-0.2, 0) is 23.8 Å². The van der Waals surface area contributed by atoms with Crippen LogP contribution in [0.2, 0.25) is 0 Å². The number of likely N-dealkylation sites (N-methyl/N-ethyl adjacent to an activating group) is 2. The Hall–Kier alpha value is -1.83. The minimum Gasteiger partial charge on any atom is -0.462 e. The fourth-order valence-electron chi connectivity index (χ4n) is 7.36. The fraction of sp³-hybridized carbons (Fsp3) is 0.935. The highest BCUT2D eigenvalue weighted by Crippen LogP contribution is 2.17. The van der Waals surface area contributed by atoms with Crippen molar-refractivity contribution in [1.29, 1.82) is 0 Å². The van der Waals surface area contributed by atoms with Gasteiger partial charge in [-0.1, -0.05) is 201 Å². The van der Waals surface area contributed by atoms with E-state index in [2.05, 4.69) is 25.7 Å². The molecule has 0 aromatic heterocycles. The van der Waals surface area contributed by atoms with E-state index < -0.39 is 12.2 Å². The lowest BCUT2D eigenvalue weighted by Gasteiger charge is -2.42. The molecule has 0 N–H and O–H groups in total. The van der Waals surface area contributed by atoms with E-state index in [-0.39, 0.29) is 31.2 Å². The summed E-state index contributed by atoms with van der Waals surface area (Å²) in [7, 11) is 1.74. The van der Waals surface area contributed by atoms with E-state index in [0.29, 0.717) is 12.8 Å². The van der Waals surface area contributed by atoms with Crippen molar-refractivity contribution in [3.05, 3.63) is 0 Å². The van der Waals surface area contributed by atoms with E-state index in [9.17, 15) is 14.4 Å². The summed E-state index contributed by atoms with van der Waals surface area (Å²) in [6, 6.07) is 0.122. The van der Waals surface area contributed by atoms with Gasteiger partial charge < -0.3 is 19.1 Å². The van der Waals surface area contributed by atoms with Crippen LogP contribution >= 0.6 is 0 Å². The van der Waals surface area contributed by atoms with Crippen molar-refractivity contribution in [3.63, 3.8) is 0 Å². The monoisotopic (exact) mass is 765 g/mol. The normalized spacial score (nSPS) is 13.8. The molecule has 0 aliphatic carbocycles. The van der Waals surface area contributed by atoms with Gasteiger partial charge in [-0.25, -0.2) is 4.79 Å². The number of carbonyl (C=O) groups is 3. The van der Waals surface area contributed by atoms with Crippen molar-refractivity contribution in [2.45, 2.75) is 238 Å². The first-order valence-electron chi connectivity index (χ1n) is 23.4. The molecular formula is C46H88N2O6. The van der Waals surface area contributed by atoms with Gasteiger partial charge in [-0.15, -0.1) is 0 Å². The third-order valence-corrected chi connectivity index (χ3v) is 11.3. The zero-order valence-electron chi connectivity index (χ0n) is 36.2. The molecule has 0 spiro atoms. The van der Waals surface area contributed by atoms with Crippen LogP contribution in [0.15, 0.2) is 0 Å². The average Bonchev–Trinajstić information content (AvgIpc) is 3.15. The van der Waals surface area contributed by atoms with E-state index in [1.54, 1.807) is 11.9 Å². The second-order valence-electron chi connectivity index (χ2n) is 16.4. The lowest BCUT2D eigenvalue weighted by atomic mass is 10.0. The van der Waals surface area contributed by atoms with Gasteiger partial charge in [0.15, 0.2) is 6.10 Å². The van der Waals surface area contributed by atoms with Crippen molar-refractivity contribution in [2.24, 2.45) is 0 Å². The third-order valence-electron chi connectivity index (χ3n) is 11.3. The number of rotatable bonds is 39. The molecule has 1 heterocycles. The number of ether oxygens (including phenoxy) is 3. The highest BCUT2D eigenvalue weighted by molar-refractivity contribution is 5.70. The smallest absolute Gasteiger partial charge is 0.409 e. The number of likely N-dealkylation sites (tertiary alicyclic amines) is 1. The number of esters is 2. The largest absolute Gasteiger partial charge is 0.462 e. The molecule has 1 atom stereocenters. The van der Waals surface area contributed by atoms with E-state index in [1.807, 2.05) is 0 Å². The van der Waals surface area contributed by atoms with Crippen molar-refractivity contribution < 1.29 is 28.6 Å². The Balaban J connectivity index is 2.23. The first kappa shape index (κ1) is 50.2. The molecule has 8 heteroatoms. The summed E-state index contributed by atoms with van der Waals surface area (Å²) in [4.78, 5) is 41.9. The minimum atomic E-state index is -0.801. The maximum absolute atomic E-state index is 12.8. The molecule has 1 saturated heterocycles. The predicted octanol–water partition coefficient (Wildman–Crippen LogP) is 12.7. The molecule has 0 aromatic carbocycles. The second-order valence-corrected chi connectivity index (χ2v) is 16.4. The van der Waals surface area contributed by atoms with Gasteiger partial charge in [0, 0.05) is 33.0 Å². The fourth-order valence-corrected chi connectivity index (χ4v) is 7.36. The van der Waals surface area contributed by atoms with E-state index >= 15 is 0 Å². The lowest BCUT2D eigenvalue weighted by molar-refractivity contribution is -0.161. The molecule has 1 aliphatic rings. The first-order chi connectivity index (χ1) is 26.4. The summed E-state index contributed by atoms with van der Waals surface area (Å²) in [5.41, 5.74) is 0. The van der Waals surface area contributed by atoms with Gasteiger partial charge in [-0.05, 0) is 19.4 Å². The summed E-state index contributed by atoms with van der Waals surface area (Å²) in [6.45, 7) is 9.05. The maximum Gasteiger partial charge on any atom is 0.409 e. The van der Waals surface area contributed by atoms with Crippen LogP contribution in [0.1, 0.15) is 226 Å². The quantitative estimate of drug-likeness (QED) is 0.0350. The molecular weight excluding hydrogens is 677 g/mol. The van der Waals surface area contributed by atoms with Crippen LogP contribution in [0.25, 0.3) is 0 Å². The molecule has 1 aliphatic heterocycles. The summed E-state index contributed by atoms with van der Waals surface area (Å²) in [6.07, 6.45) is 37.7. The SMILES string of the molecule is CCCCCCCCCCCCCCCCCC(=O)OCC(COC(=O)N(C)C1CN(CC)C1)OC(=O)CCCCCCCCCCCCCCCCC. The van der Waals surface area contributed by atoms with Gasteiger partial charge in [0.1, 0.15) is 13.2 Å². The van der Waals surface area contributed by atoms with Crippen LogP contribution in [0.3, 0.4) is 0 Å². The maximum atomic E-state index is 12.8. The number of unbranched alkanes of at least 4 members (excludes halogenated alkanes) is 28. The number of carbonyl (C=O) groups excluding carboxylic acids is 3. The highest BCUT2D eigenvalue weighted by Gasteiger charge is 2.32. The Morgan fingerprint density at radius 2 is 0.833 bits per heavy atom.